The molecule has 24 heavy (non-hydrogen) atoms. The Morgan fingerprint density at radius 2 is 2.12 bits per heavy atom. The molecule has 2 unspecified atom stereocenters. The largest absolute Gasteiger partial charge is 0.481 e. The van der Waals surface area contributed by atoms with Crippen molar-refractivity contribution < 1.29 is 14.7 Å². The first-order valence-electron chi connectivity index (χ1n) is 8.58. The lowest BCUT2D eigenvalue weighted by Gasteiger charge is -2.39. The van der Waals surface area contributed by atoms with E-state index in [0.717, 1.165) is 35.7 Å². The molecule has 0 spiro atoms. The number of carbonyl (C=O) groups is 2. The van der Waals surface area contributed by atoms with E-state index >= 15 is 0 Å². The van der Waals surface area contributed by atoms with Crippen molar-refractivity contribution in [2.45, 2.75) is 51.0 Å². The van der Waals surface area contributed by atoms with Crippen LogP contribution in [0.5, 0.6) is 0 Å². The predicted octanol–water partition coefficient (Wildman–Crippen LogP) is 3.25. The number of hydrogen-bond acceptors (Lipinski definition) is 2. The molecule has 2 atom stereocenters. The third kappa shape index (κ3) is 3.30. The van der Waals surface area contributed by atoms with Gasteiger partial charge in [0.05, 0.1) is 11.5 Å². The van der Waals surface area contributed by atoms with Gasteiger partial charge in [0, 0.05) is 23.5 Å². The van der Waals surface area contributed by atoms with E-state index in [1.54, 1.807) is 0 Å². The Morgan fingerprint density at radius 3 is 2.92 bits per heavy atom. The number of amides is 1. The van der Waals surface area contributed by atoms with Crippen molar-refractivity contribution >= 4 is 22.8 Å². The monoisotopic (exact) mass is 328 g/mol. The first kappa shape index (κ1) is 16.6. The molecule has 0 aliphatic heterocycles. The number of hydrogen-bond donors (Lipinski definition) is 3. The van der Waals surface area contributed by atoms with E-state index in [-0.39, 0.29) is 5.91 Å². The zero-order valence-electron chi connectivity index (χ0n) is 14.0. The fourth-order valence-electron chi connectivity index (χ4n) is 3.85. The summed E-state index contributed by atoms with van der Waals surface area (Å²) in [4.78, 5) is 27.1. The molecule has 1 aromatic carbocycles. The van der Waals surface area contributed by atoms with E-state index in [9.17, 15) is 14.7 Å². The first-order valence-corrected chi connectivity index (χ1v) is 8.58. The molecular formula is C19H24N2O3. The summed E-state index contributed by atoms with van der Waals surface area (Å²) < 4.78 is 0. The van der Waals surface area contributed by atoms with Crippen molar-refractivity contribution in [2.75, 3.05) is 0 Å². The highest BCUT2D eigenvalue weighted by Crippen LogP contribution is 2.34. The molecular weight excluding hydrogens is 304 g/mol. The van der Waals surface area contributed by atoms with E-state index in [1.165, 1.54) is 0 Å². The van der Waals surface area contributed by atoms with Gasteiger partial charge < -0.3 is 15.4 Å². The second-order valence-corrected chi connectivity index (χ2v) is 6.96. The van der Waals surface area contributed by atoms with E-state index in [4.69, 9.17) is 0 Å². The number of carboxylic acids is 1. The first-order chi connectivity index (χ1) is 11.5. The van der Waals surface area contributed by atoms with Crippen molar-refractivity contribution in [3.8, 4) is 0 Å². The molecule has 0 saturated heterocycles. The van der Waals surface area contributed by atoms with Gasteiger partial charge in [-0.3, -0.25) is 9.59 Å². The maximum Gasteiger partial charge on any atom is 0.308 e. The number of benzene rings is 1. The number of nitrogens with one attached hydrogen (secondary N) is 2. The summed E-state index contributed by atoms with van der Waals surface area (Å²) in [6.45, 7) is 1.87. The molecule has 1 saturated carbocycles. The van der Waals surface area contributed by atoms with Crippen molar-refractivity contribution in [3.05, 3.63) is 36.0 Å². The van der Waals surface area contributed by atoms with Gasteiger partial charge in [0.15, 0.2) is 0 Å². The van der Waals surface area contributed by atoms with Crippen molar-refractivity contribution in [2.24, 2.45) is 5.92 Å². The minimum atomic E-state index is -0.811. The zero-order valence-corrected chi connectivity index (χ0v) is 14.0. The molecule has 0 radical (unpaired) electrons. The molecule has 1 fully saturated rings. The molecule has 1 amide bonds. The molecule has 128 valence electrons. The summed E-state index contributed by atoms with van der Waals surface area (Å²) in [5, 5.41) is 13.6. The molecule has 1 aliphatic carbocycles. The van der Waals surface area contributed by atoms with Crippen LogP contribution in [0.1, 0.15) is 44.6 Å². The molecule has 3 rings (SSSR count). The Bertz CT molecular complexity index is 752. The number of para-hydroxylation sites is 1. The van der Waals surface area contributed by atoms with Crippen LogP contribution in [0.2, 0.25) is 0 Å². The minimum Gasteiger partial charge on any atom is -0.481 e. The van der Waals surface area contributed by atoms with Crippen molar-refractivity contribution in [1.82, 2.24) is 10.3 Å². The van der Waals surface area contributed by atoms with Gasteiger partial charge in [0.2, 0.25) is 5.91 Å². The highest BCUT2D eigenvalue weighted by Gasteiger charge is 2.41. The lowest BCUT2D eigenvalue weighted by Crippen LogP contribution is -2.55. The van der Waals surface area contributed by atoms with Gasteiger partial charge in [0.1, 0.15) is 0 Å². The van der Waals surface area contributed by atoms with E-state index < -0.39 is 17.4 Å². The van der Waals surface area contributed by atoms with E-state index in [1.807, 2.05) is 37.4 Å². The maximum absolute atomic E-state index is 12.4. The van der Waals surface area contributed by atoms with Crippen LogP contribution in [-0.4, -0.2) is 27.5 Å². The Balaban J connectivity index is 1.63. The van der Waals surface area contributed by atoms with Gasteiger partial charge in [0.25, 0.3) is 0 Å². The summed E-state index contributed by atoms with van der Waals surface area (Å²) in [5.74, 6) is -1.38. The van der Waals surface area contributed by atoms with Crippen LogP contribution in [0.25, 0.3) is 10.9 Å². The number of carbonyl (C=O) groups excluding carboxylic acids is 1. The quantitative estimate of drug-likeness (QED) is 0.788. The van der Waals surface area contributed by atoms with Crippen LogP contribution in [0.15, 0.2) is 30.5 Å². The standard InChI is InChI=1S/C19H24N2O3/c1-19(11-5-4-7-15(19)18(23)24)21-17(22)10-9-13-12-20-16-8-3-2-6-14(13)16/h2-3,6,8,12,15,20H,4-5,7,9-11H2,1H3,(H,21,22)(H,23,24). The minimum absolute atomic E-state index is 0.0732. The topological polar surface area (TPSA) is 82.2 Å². The van der Waals surface area contributed by atoms with Crippen LogP contribution >= 0.6 is 0 Å². The van der Waals surface area contributed by atoms with E-state index in [2.05, 4.69) is 10.3 Å². The molecule has 5 heteroatoms. The third-order valence-electron chi connectivity index (χ3n) is 5.23. The van der Waals surface area contributed by atoms with Crippen molar-refractivity contribution in [1.29, 1.82) is 0 Å². The number of fused-ring (bicyclic) bond motifs is 1. The lowest BCUT2D eigenvalue weighted by atomic mass is 9.74. The number of rotatable bonds is 5. The second-order valence-electron chi connectivity index (χ2n) is 6.96. The molecule has 5 nitrogen and oxygen atoms in total. The molecule has 2 aromatic rings. The highest BCUT2D eigenvalue weighted by molar-refractivity contribution is 5.84. The smallest absolute Gasteiger partial charge is 0.308 e. The molecule has 1 aliphatic rings. The third-order valence-corrected chi connectivity index (χ3v) is 5.23. The molecule has 0 bridgehead atoms. The number of aliphatic carboxylic acids is 1. The number of carboxylic acid groups (broad SMARTS) is 1. The Labute approximate surface area is 141 Å². The van der Waals surface area contributed by atoms with Gasteiger partial charge in [-0.2, -0.15) is 0 Å². The normalized spacial score (nSPS) is 24.0. The predicted molar refractivity (Wildman–Crippen MR) is 92.8 cm³/mol. The lowest BCUT2D eigenvalue weighted by molar-refractivity contribution is -0.146. The Morgan fingerprint density at radius 1 is 1.33 bits per heavy atom. The van der Waals surface area contributed by atoms with Crippen LogP contribution in [0.3, 0.4) is 0 Å². The average molecular weight is 328 g/mol. The SMILES string of the molecule is CC1(NC(=O)CCc2c[nH]c3ccccc23)CCCCC1C(=O)O. The van der Waals surface area contributed by atoms with Crippen LogP contribution < -0.4 is 5.32 Å². The zero-order chi connectivity index (χ0) is 17.2. The second kappa shape index (κ2) is 6.67. The highest BCUT2D eigenvalue weighted by atomic mass is 16.4. The Hall–Kier alpha value is -2.30. The number of aromatic amines is 1. The Kier molecular flexibility index (Phi) is 4.60. The summed E-state index contributed by atoms with van der Waals surface area (Å²) >= 11 is 0. The van der Waals surface area contributed by atoms with E-state index in [0.29, 0.717) is 19.3 Å². The molecule has 1 heterocycles. The number of aromatic nitrogens is 1. The summed E-state index contributed by atoms with van der Waals surface area (Å²) in [7, 11) is 0. The van der Waals surface area contributed by atoms with Crippen LogP contribution in [0, 0.1) is 5.92 Å². The van der Waals surface area contributed by atoms with Crippen LogP contribution in [-0.2, 0) is 16.0 Å². The van der Waals surface area contributed by atoms with Crippen LogP contribution in [0.4, 0.5) is 0 Å². The molecule has 1 aromatic heterocycles. The van der Waals surface area contributed by atoms with Gasteiger partial charge >= 0.3 is 5.97 Å². The average Bonchev–Trinajstić information content (AvgIpc) is 2.96. The van der Waals surface area contributed by atoms with Gasteiger partial charge in [-0.25, -0.2) is 0 Å². The molecule has 3 N–H and O–H groups in total. The summed E-state index contributed by atoms with van der Waals surface area (Å²) in [6.07, 6.45) is 6.19. The number of aryl methyl sites for hydroxylation is 1. The summed E-state index contributed by atoms with van der Waals surface area (Å²) in [5.41, 5.74) is 1.55. The van der Waals surface area contributed by atoms with Gasteiger partial charge in [-0.15, -0.1) is 0 Å². The maximum atomic E-state index is 12.4. The fraction of sp³-hybridized carbons (Fsp3) is 0.474. The van der Waals surface area contributed by atoms with Crippen molar-refractivity contribution in [3.63, 3.8) is 0 Å². The fourth-order valence-corrected chi connectivity index (χ4v) is 3.85. The number of H-pyrrole nitrogens is 1. The van der Waals surface area contributed by atoms with Gasteiger partial charge in [-0.1, -0.05) is 31.0 Å². The summed E-state index contributed by atoms with van der Waals surface area (Å²) in [6, 6.07) is 8.02. The van der Waals surface area contributed by atoms with Gasteiger partial charge in [-0.05, 0) is 37.8 Å².